The van der Waals surface area contributed by atoms with Crippen molar-refractivity contribution in [3.8, 4) is 0 Å². The predicted octanol–water partition coefficient (Wildman–Crippen LogP) is 3.79. The van der Waals surface area contributed by atoms with Gasteiger partial charge >= 0.3 is 0 Å². The molecule has 3 rings (SSSR count). The third-order valence-electron chi connectivity index (χ3n) is 3.52. The Labute approximate surface area is 130 Å². The van der Waals surface area contributed by atoms with Crippen molar-refractivity contribution in [2.45, 2.75) is 25.4 Å². The number of carbonyl (C=O) groups is 1. The molecular weight excluding hydrogens is 335 g/mol. The molecule has 1 amide bonds. The summed E-state index contributed by atoms with van der Waals surface area (Å²) < 4.78 is 13.6. The second kappa shape index (κ2) is 5.93. The summed E-state index contributed by atoms with van der Waals surface area (Å²) in [5, 5.41) is 0. The fraction of sp³-hybridized carbons (Fsp3) is 0.250. The highest BCUT2D eigenvalue weighted by Crippen LogP contribution is 2.30. The SMILES string of the molecule is O=C(c1ccc(F)c(Br)c1)N(Cc1ccncc1)C1CC1. The molecule has 21 heavy (non-hydrogen) atoms. The van der Waals surface area contributed by atoms with Crippen molar-refractivity contribution >= 4 is 21.8 Å². The highest BCUT2D eigenvalue weighted by atomic mass is 79.9. The summed E-state index contributed by atoms with van der Waals surface area (Å²) in [6, 6.07) is 8.49. The quantitative estimate of drug-likeness (QED) is 0.842. The van der Waals surface area contributed by atoms with Gasteiger partial charge < -0.3 is 4.90 Å². The number of hydrogen-bond acceptors (Lipinski definition) is 2. The fourth-order valence-electron chi connectivity index (χ4n) is 2.23. The van der Waals surface area contributed by atoms with Gasteiger partial charge in [-0.2, -0.15) is 0 Å². The van der Waals surface area contributed by atoms with E-state index in [1.807, 2.05) is 17.0 Å². The van der Waals surface area contributed by atoms with Crippen LogP contribution in [0.4, 0.5) is 4.39 Å². The summed E-state index contributed by atoms with van der Waals surface area (Å²) in [5.41, 5.74) is 1.55. The molecule has 1 fully saturated rings. The highest BCUT2D eigenvalue weighted by Gasteiger charge is 2.33. The van der Waals surface area contributed by atoms with E-state index < -0.39 is 0 Å². The van der Waals surface area contributed by atoms with Crippen LogP contribution in [0.15, 0.2) is 47.2 Å². The first-order valence-electron chi connectivity index (χ1n) is 6.80. The van der Waals surface area contributed by atoms with E-state index in [9.17, 15) is 9.18 Å². The molecule has 0 atom stereocenters. The standard InChI is InChI=1S/C16H14BrFN2O/c17-14-9-12(1-4-15(14)18)16(21)20(13-2-3-13)10-11-5-7-19-8-6-11/h1,4-9,13H,2-3,10H2. The van der Waals surface area contributed by atoms with Gasteiger partial charge in [0.2, 0.25) is 0 Å². The van der Waals surface area contributed by atoms with Crippen molar-refractivity contribution in [3.05, 3.63) is 64.1 Å². The van der Waals surface area contributed by atoms with E-state index in [4.69, 9.17) is 0 Å². The number of rotatable bonds is 4. The van der Waals surface area contributed by atoms with E-state index >= 15 is 0 Å². The van der Waals surface area contributed by atoms with Crippen LogP contribution < -0.4 is 0 Å². The lowest BCUT2D eigenvalue weighted by Gasteiger charge is -2.22. The van der Waals surface area contributed by atoms with Crippen molar-refractivity contribution < 1.29 is 9.18 Å². The monoisotopic (exact) mass is 348 g/mol. The highest BCUT2D eigenvalue weighted by molar-refractivity contribution is 9.10. The summed E-state index contributed by atoms with van der Waals surface area (Å²) in [6.45, 7) is 0.557. The Bertz CT molecular complexity index is 659. The molecule has 1 aliphatic carbocycles. The van der Waals surface area contributed by atoms with Crippen LogP contribution in [0.2, 0.25) is 0 Å². The van der Waals surface area contributed by atoms with Crippen molar-refractivity contribution in [2.75, 3.05) is 0 Å². The third-order valence-corrected chi connectivity index (χ3v) is 4.13. The molecule has 1 aromatic heterocycles. The molecule has 0 aliphatic heterocycles. The van der Waals surface area contributed by atoms with Crippen LogP contribution in [-0.2, 0) is 6.54 Å². The zero-order valence-electron chi connectivity index (χ0n) is 11.3. The van der Waals surface area contributed by atoms with Gasteiger partial charge in [0.25, 0.3) is 5.91 Å². The average molecular weight is 349 g/mol. The normalized spacial score (nSPS) is 14.0. The lowest BCUT2D eigenvalue weighted by Crippen LogP contribution is -2.32. The molecular formula is C16H14BrFN2O. The van der Waals surface area contributed by atoms with Crippen LogP contribution in [0.25, 0.3) is 0 Å². The average Bonchev–Trinajstić information content (AvgIpc) is 3.33. The summed E-state index contributed by atoms with van der Waals surface area (Å²) in [4.78, 5) is 18.5. The van der Waals surface area contributed by atoms with Gasteiger partial charge in [-0.15, -0.1) is 0 Å². The van der Waals surface area contributed by atoms with Crippen LogP contribution in [0.1, 0.15) is 28.8 Å². The summed E-state index contributed by atoms with van der Waals surface area (Å²) in [7, 11) is 0. The molecule has 108 valence electrons. The molecule has 0 saturated heterocycles. The molecule has 1 heterocycles. The van der Waals surface area contributed by atoms with Gasteiger partial charge in [0, 0.05) is 30.5 Å². The van der Waals surface area contributed by atoms with Gasteiger partial charge in [0.15, 0.2) is 0 Å². The Morgan fingerprint density at radius 2 is 2.00 bits per heavy atom. The zero-order valence-corrected chi connectivity index (χ0v) is 12.9. The Morgan fingerprint density at radius 1 is 1.29 bits per heavy atom. The van der Waals surface area contributed by atoms with Gasteiger partial charge in [-0.05, 0) is 64.7 Å². The van der Waals surface area contributed by atoms with E-state index in [2.05, 4.69) is 20.9 Å². The third kappa shape index (κ3) is 3.29. The number of nitrogens with zero attached hydrogens (tertiary/aromatic N) is 2. The van der Waals surface area contributed by atoms with Crippen LogP contribution in [0.3, 0.4) is 0 Å². The van der Waals surface area contributed by atoms with E-state index in [1.165, 1.54) is 12.1 Å². The Hall–Kier alpha value is -1.75. The number of benzene rings is 1. The molecule has 0 unspecified atom stereocenters. The minimum Gasteiger partial charge on any atom is -0.331 e. The number of pyridine rings is 1. The maximum atomic E-state index is 13.3. The van der Waals surface area contributed by atoms with Crippen LogP contribution in [0, 0.1) is 5.82 Å². The Kier molecular flexibility index (Phi) is 4.01. The lowest BCUT2D eigenvalue weighted by molar-refractivity contribution is 0.0729. The minimum absolute atomic E-state index is 0.0602. The molecule has 0 N–H and O–H groups in total. The molecule has 1 aliphatic rings. The maximum Gasteiger partial charge on any atom is 0.254 e. The fourth-order valence-corrected chi connectivity index (χ4v) is 2.61. The topological polar surface area (TPSA) is 33.2 Å². The number of halogens is 2. The molecule has 0 spiro atoms. The van der Waals surface area contributed by atoms with E-state index in [0.29, 0.717) is 16.6 Å². The molecule has 1 saturated carbocycles. The van der Waals surface area contributed by atoms with E-state index in [0.717, 1.165) is 18.4 Å². The predicted molar refractivity (Wildman–Crippen MR) is 81.2 cm³/mol. The molecule has 2 aromatic rings. The van der Waals surface area contributed by atoms with Gasteiger partial charge in [-0.3, -0.25) is 9.78 Å². The van der Waals surface area contributed by atoms with Crippen molar-refractivity contribution in [3.63, 3.8) is 0 Å². The number of amides is 1. The van der Waals surface area contributed by atoms with Crippen molar-refractivity contribution in [1.82, 2.24) is 9.88 Å². The lowest BCUT2D eigenvalue weighted by atomic mass is 10.1. The molecule has 0 radical (unpaired) electrons. The number of aromatic nitrogens is 1. The van der Waals surface area contributed by atoms with Crippen molar-refractivity contribution in [1.29, 1.82) is 0 Å². The van der Waals surface area contributed by atoms with Gasteiger partial charge in [0.05, 0.1) is 4.47 Å². The Balaban J connectivity index is 1.83. The smallest absolute Gasteiger partial charge is 0.254 e. The Morgan fingerprint density at radius 3 is 2.62 bits per heavy atom. The second-order valence-electron chi connectivity index (χ2n) is 5.15. The van der Waals surface area contributed by atoms with E-state index in [1.54, 1.807) is 18.5 Å². The number of carbonyl (C=O) groups excluding carboxylic acids is 1. The number of hydrogen-bond donors (Lipinski definition) is 0. The van der Waals surface area contributed by atoms with Crippen LogP contribution >= 0.6 is 15.9 Å². The molecule has 0 bridgehead atoms. The largest absolute Gasteiger partial charge is 0.331 e. The summed E-state index contributed by atoms with van der Waals surface area (Å²) in [6.07, 6.45) is 5.50. The first-order chi connectivity index (χ1) is 10.1. The summed E-state index contributed by atoms with van der Waals surface area (Å²) in [5.74, 6) is -0.423. The van der Waals surface area contributed by atoms with Gasteiger partial charge in [-0.1, -0.05) is 0 Å². The molecule has 3 nitrogen and oxygen atoms in total. The molecule has 1 aromatic carbocycles. The second-order valence-corrected chi connectivity index (χ2v) is 6.00. The van der Waals surface area contributed by atoms with E-state index in [-0.39, 0.29) is 17.8 Å². The van der Waals surface area contributed by atoms with Crippen molar-refractivity contribution in [2.24, 2.45) is 0 Å². The summed E-state index contributed by atoms with van der Waals surface area (Å²) >= 11 is 3.13. The van der Waals surface area contributed by atoms with Gasteiger partial charge in [-0.25, -0.2) is 4.39 Å². The first-order valence-corrected chi connectivity index (χ1v) is 7.59. The first kappa shape index (κ1) is 14.2. The minimum atomic E-state index is -0.362. The van der Waals surface area contributed by atoms with Gasteiger partial charge in [0.1, 0.15) is 5.82 Å². The molecule has 5 heteroatoms. The maximum absolute atomic E-state index is 13.3. The van der Waals surface area contributed by atoms with Crippen LogP contribution in [-0.4, -0.2) is 21.8 Å². The van der Waals surface area contributed by atoms with Crippen LogP contribution in [0.5, 0.6) is 0 Å². The zero-order chi connectivity index (χ0) is 14.8.